The van der Waals surface area contributed by atoms with Crippen molar-refractivity contribution in [2.75, 3.05) is 0 Å². The van der Waals surface area contributed by atoms with Gasteiger partial charge in [-0.15, -0.1) is 0 Å². The van der Waals surface area contributed by atoms with E-state index in [1.165, 1.54) is 31.0 Å². The second-order valence-corrected chi connectivity index (χ2v) is 6.18. The monoisotopic (exact) mass is 373 g/mol. The lowest BCUT2D eigenvalue weighted by molar-refractivity contribution is 0.865. The molecule has 0 saturated carbocycles. The van der Waals surface area contributed by atoms with Crippen LogP contribution in [-0.4, -0.2) is 0 Å². The quantitative estimate of drug-likeness (QED) is 0.642. The van der Waals surface area contributed by atoms with E-state index < -0.39 is 0 Å². The molecule has 0 aromatic heterocycles. The first-order valence-electron chi connectivity index (χ1n) is 6.67. The van der Waals surface area contributed by atoms with E-state index in [4.69, 9.17) is 5.73 Å². The fraction of sp³-hybridized carbons (Fsp3) is 0.111. The summed E-state index contributed by atoms with van der Waals surface area (Å²) in [6.45, 7) is 2.14. The Balaban J connectivity index is 2.24. The van der Waals surface area contributed by atoms with Crippen LogP contribution in [-0.2, 0) is 0 Å². The predicted molar refractivity (Wildman–Crippen MR) is 93.9 cm³/mol. The van der Waals surface area contributed by atoms with Crippen molar-refractivity contribution in [3.05, 3.63) is 80.9 Å². The average molecular weight is 373 g/mol. The third-order valence-electron chi connectivity index (χ3n) is 3.74. The molecule has 0 spiro atoms. The Labute approximate surface area is 133 Å². The van der Waals surface area contributed by atoms with Crippen LogP contribution in [0.4, 0.5) is 0 Å². The second kappa shape index (κ2) is 5.54. The van der Waals surface area contributed by atoms with Gasteiger partial charge in [0, 0.05) is 3.57 Å². The Morgan fingerprint density at radius 2 is 1.60 bits per heavy atom. The van der Waals surface area contributed by atoms with E-state index in [1.54, 1.807) is 0 Å². The fourth-order valence-corrected chi connectivity index (χ4v) is 3.42. The molecule has 3 aromatic rings. The highest BCUT2D eigenvalue weighted by molar-refractivity contribution is 14.1. The lowest BCUT2D eigenvalue weighted by Crippen LogP contribution is -2.15. The highest BCUT2D eigenvalue weighted by Gasteiger charge is 2.16. The summed E-state index contributed by atoms with van der Waals surface area (Å²) in [7, 11) is 0. The number of fused-ring (bicyclic) bond motifs is 1. The highest BCUT2D eigenvalue weighted by Crippen LogP contribution is 2.32. The van der Waals surface area contributed by atoms with Gasteiger partial charge >= 0.3 is 0 Å². The van der Waals surface area contributed by atoms with Crippen molar-refractivity contribution < 1.29 is 0 Å². The van der Waals surface area contributed by atoms with E-state index in [1.807, 2.05) is 6.07 Å². The maximum absolute atomic E-state index is 6.58. The van der Waals surface area contributed by atoms with E-state index in [2.05, 4.69) is 84.1 Å². The van der Waals surface area contributed by atoms with E-state index in [-0.39, 0.29) is 6.04 Å². The Hall–Kier alpha value is -1.39. The highest BCUT2D eigenvalue weighted by atomic mass is 127. The lowest BCUT2D eigenvalue weighted by atomic mass is 9.91. The molecule has 0 radical (unpaired) electrons. The van der Waals surface area contributed by atoms with Gasteiger partial charge in [0.05, 0.1) is 6.04 Å². The molecule has 1 unspecified atom stereocenters. The van der Waals surface area contributed by atoms with E-state index in [0.29, 0.717) is 0 Å². The number of rotatable bonds is 2. The zero-order valence-electron chi connectivity index (χ0n) is 11.3. The van der Waals surface area contributed by atoms with Crippen molar-refractivity contribution in [3.8, 4) is 0 Å². The van der Waals surface area contributed by atoms with Crippen molar-refractivity contribution in [3.63, 3.8) is 0 Å². The molecule has 3 rings (SSSR count). The molecule has 0 saturated heterocycles. The zero-order valence-corrected chi connectivity index (χ0v) is 13.5. The largest absolute Gasteiger partial charge is 0.320 e. The number of nitrogens with two attached hydrogens (primary N) is 1. The van der Waals surface area contributed by atoms with Gasteiger partial charge in [0.25, 0.3) is 0 Å². The molecule has 0 fully saturated rings. The van der Waals surface area contributed by atoms with Crippen LogP contribution in [0.2, 0.25) is 0 Å². The van der Waals surface area contributed by atoms with Gasteiger partial charge in [-0.1, -0.05) is 54.6 Å². The van der Waals surface area contributed by atoms with E-state index in [9.17, 15) is 0 Å². The minimum Gasteiger partial charge on any atom is -0.320 e. The van der Waals surface area contributed by atoms with Crippen LogP contribution >= 0.6 is 22.6 Å². The van der Waals surface area contributed by atoms with Crippen molar-refractivity contribution in [1.82, 2.24) is 0 Å². The summed E-state index contributed by atoms with van der Waals surface area (Å²) in [6.07, 6.45) is 0. The van der Waals surface area contributed by atoms with Gasteiger partial charge in [-0.05, 0) is 63.0 Å². The number of hydrogen-bond donors (Lipinski definition) is 1. The number of halogens is 1. The maximum Gasteiger partial charge on any atom is 0.0570 e. The van der Waals surface area contributed by atoms with Crippen LogP contribution in [0, 0.1) is 10.5 Å². The molecule has 0 aliphatic rings. The normalized spacial score (nSPS) is 12.6. The molecule has 0 aliphatic carbocycles. The van der Waals surface area contributed by atoms with Crippen LogP contribution in [0.5, 0.6) is 0 Å². The van der Waals surface area contributed by atoms with Gasteiger partial charge in [0.2, 0.25) is 0 Å². The molecule has 2 heteroatoms. The summed E-state index contributed by atoms with van der Waals surface area (Å²) in [5, 5.41) is 2.49. The second-order valence-electron chi connectivity index (χ2n) is 5.02. The maximum atomic E-state index is 6.58. The summed E-state index contributed by atoms with van der Waals surface area (Å²) in [4.78, 5) is 0. The third kappa shape index (κ3) is 2.34. The number of aryl methyl sites for hydroxylation is 1. The van der Waals surface area contributed by atoms with Gasteiger partial charge in [-0.2, -0.15) is 0 Å². The number of benzene rings is 3. The summed E-state index contributed by atoms with van der Waals surface area (Å²) >= 11 is 2.36. The van der Waals surface area contributed by atoms with Gasteiger partial charge in [0.15, 0.2) is 0 Å². The molecule has 3 aromatic carbocycles. The standard InChI is InChI=1S/C18H16IN/c1-12-10-11-13-6-2-3-7-14(13)17(12)18(20)15-8-4-5-9-16(15)19/h2-11,18H,20H2,1H3. The number of hydrogen-bond acceptors (Lipinski definition) is 1. The van der Waals surface area contributed by atoms with Crippen molar-refractivity contribution >= 4 is 33.4 Å². The minimum atomic E-state index is -0.0887. The molecular weight excluding hydrogens is 357 g/mol. The van der Waals surface area contributed by atoms with Gasteiger partial charge < -0.3 is 5.73 Å². The smallest absolute Gasteiger partial charge is 0.0570 e. The Kier molecular flexibility index (Phi) is 3.76. The van der Waals surface area contributed by atoms with E-state index in [0.717, 1.165) is 0 Å². The van der Waals surface area contributed by atoms with E-state index >= 15 is 0 Å². The van der Waals surface area contributed by atoms with Crippen LogP contribution in [0.15, 0.2) is 60.7 Å². The van der Waals surface area contributed by atoms with Crippen LogP contribution in [0.3, 0.4) is 0 Å². The van der Waals surface area contributed by atoms with Crippen molar-refractivity contribution in [2.24, 2.45) is 5.73 Å². The van der Waals surface area contributed by atoms with Crippen LogP contribution < -0.4 is 5.73 Å². The molecule has 0 aliphatic heterocycles. The summed E-state index contributed by atoms with van der Waals surface area (Å²) in [5.41, 5.74) is 10.2. The topological polar surface area (TPSA) is 26.0 Å². The molecule has 0 bridgehead atoms. The first kappa shape index (κ1) is 13.6. The molecule has 20 heavy (non-hydrogen) atoms. The summed E-state index contributed by atoms with van der Waals surface area (Å²) < 4.78 is 1.21. The molecular formula is C18H16IN. The molecule has 0 heterocycles. The first-order valence-corrected chi connectivity index (χ1v) is 7.74. The summed E-state index contributed by atoms with van der Waals surface area (Å²) in [5.74, 6) is 0. The zero-order chi connectivity index (χ0) is 14.1. The Morgan fingerprint density at radius 3 is 2.40 bits per heavy atom. The SMILES string of the molecule is Cc1ccc2ccccc2c1C(N)c1ccccc1I. The minimum absolute atomic E-state index is 0.0887. The van der Waals surface area contributed by atoms with Crippen molar-refractivity contribution in [2.45, 2.75) is 13.0 Å². The molecule has 1 atom stereocenters. The van der Waals surface area contributed by atoms with Crippen LogP contribution in [0.1, 0.15) is 22.7 Å². The third-order valence-corrected chi connectivity index (χ3v) is 4.72. The molecule has 1 nitrogen and oxygen atoms in total. The fourth-order valence-electron chi connectivity index (χ4n) is 2.70. The van der Waals surface area contributed by atoms with Gasteiger partial charge in [0.1, 0.15) is 0 Å². The van der Waals surface area contributed by atoms with Gasteiger partial charge in [-0.25, -0.2) is 0 Å². The van der Waals surface area contributed by atoms with Crippen LogP contribution in [0.25, 0.3) is 10.8 Å². The first-order chi connectivity index (χ1) is 9.68. The lowest BCUT2D eigenvalue weighted by Gasteiger charge is -2.19. The molecule has 0 amide bonds. The van der Waals surface area contributed by atoms with Gasteiger partial charge in [-0.3, -0.25) is 0 Å². The molecule has 2 N–H and O–H groups in total. The molecule has 100 valence electrons. The Morgan fingerprint density at radius 1 is 0.900 bits per heavy atom. The average Bonchev–Trinajstić information content (AvgIpc) is 2.47. The van der Waals surface area contributed by atoms with Crippen molar-refractivity contribution in [1.29, 1.82) is 0 Å². The summed E-state index contributed by atoms with van der Waals surface area (Å²) in [6, 6.07) is 21.0. The Bertz CT molecular complexity index is 764. The predicted octanol–water partition coefficient (Wildman–Crippen LogP) is 4.80.